The molecule has 0 unspecified atom stereocenters. The van der Waals surface area contributed by atoms with Crippen LogP contribution in [0.15, 0.2) is 24.3 Å². The van der Waals surface area contributed by atoms with E-state index in [1.165, 1.54) is 5.56 Å². The molecule has 0 spiro atoms. The largest absolute Gasteiger partial charge is 0.481 e. The lowest BCUT2D eigenvalue weighted by Crippen LogP contribution is -2.33. The van der Waals surface area contributed by atoms with Crippen molar-refractivity contribution < 1.29 is 15.0 Å². The summed E-state index contributed by atoms with van der Waals surface area (Å²) in [5, 5.41) is 19.7. The zero-order valence-corrected chi connectivity index (χ0v) is 12.2. The maximum atomic E-state index is 11.0. The average molecular weight is 277 g/mol. The van der Waals surface area contributed by atoms with Crippen molar-refractivity contribution in [1.82, 2.24) is 4.90 Å². The second-order valence-corrected chi connectivity index (χ2v) is 6.08. The summed E-state index contributed by atoms with van der Waals surface area (Å²) in [5.74, 6) is -1.04. The molecule has 1 aromatic carbocycles. The van der Waals surface area contributed by atoms with Crippen molar-refractivity contribution in [3.8, 4) is 0 Å². The summed E-state index contributed by atoms with van der Waals surface area (Å²) >= 11 is 0. The van der Waals surface area contributed by atoms with Crippen molar-refractivity contribution in [2.75, 3.05) is 14.1 Å². The van der Waals surface area contributed by atoms with Gasteiger partial charge in [0.25, 0.3) is 0 Å². The molecule has 0 aliphatic heterocycles. The van der Waals surface area contributed by atoms with Gasteiger partial charge in [-0.05, 0) is 50.9 Å². The first-order chi connectivity index (χ1) is 9.40. The third-order valence-corrected chi connectivity index (χ3v) is 4.15. The van der Waals surface area contributed by atoms with Crippen LogP contribution in [0.3, 0.4) is 0 Å². The van der Waals surface area contributed by atoms with E-state index in [0.717, 1.165) is 12.1 Å². The molecule has 1 aliphatic rings. The zero-order valence-electron chi connectivity index (χ0n) is 12.2. The van der Waals surface area contributed by atoms with E-state index in [1.54, 1.807) is 0 Å². The Balaban J connectivity index is 2.06. The van der Waals surface area contributed by atoms with Gasteiger partial charge in [-0.1, -0.05) is 24.3 Å². The Hall–Kier alpha value is -1.39. The Morgan fingerprint density at radius 2 is 1.80 bits per heavy atom. The molecule has 1 fully saturated rings. The molecule has 0 saturated heterocycles. The summed E-state index contributed by atoms with van der Waals surface area (Å²) in [6, 6.07) is 8.02. The van der Waals surface area contributed by atoms with Crippen molar-refractivity contribution in [2.45, 2.75) is 37.8 Å². The molecule has 0 bridgehead atoms. The van der Waals surface area contributed by atoms with Gasteiger partial charge in [-0.25, -0.2) is 0 Å². The van der Waals surface area contributed by atoms with Gasteiger partial charge in [0, 0.05) is 6.54 Å². The third-order valence-electron chi connectivity index (χ3n) is 4.15. The van der Waals surface area contributed by atoms with E-state index in [2.05, 4.69) is 4.90 Å². The normalized spacial score (nSPS) is 26.7. The van der Waals surface area contributed by atoms with Gasteiger partial charge in [-0.15, -0.1) is 0 Å². The number of rotatable bonds is 4. The molecular weight excluding hydrogens is 254 g/mol. The highest BCUT2D eigenvalue weighted by atomic mass is 16.4. The van der Waals surface area contributed by atoms with Crippen LogP contribution >= 0.6 is 0 Å². The number of nitrogens with zero attached hydrogens (tertiary/aromatic N) is 1. The van der Waals surface area contributed by atoms with E-state index in [1.807, 2.05) is 38.4 Å². The number of carboxylic acid groups (broad SMARTS) is 1. The Bertz CT molecular complexity index is 459. The molecule has 1 aliphatic carbocycles. The molecule has 2 N–H and O–H groups in total. The fraction of sp³-hybridized carbons (Fsp3) is 0.562. The zero-order chi connectivity index (χ0) is 14.8. The minimum atomic E-state index is -0.859. The fourth-order valence-electron chi connectivity index (χ4n) is 2.92. The number of benzene rings is 1. The number of aliphatic hydroxyl groups is 1. The Kier molecular flexibility index (Phi) is 4.45. The van der Waals surface area contributed by atoms with Crippen molar-refractivity contribution in [2.24, 2.45) is 5.92 Å². The molecule has 110 valence electrons. The summed E-state index contributed by atoms with van der Waals surface area (Å²) in [6.07, 6.45) is 2.14. The average Bonchev–Trinajstić information content (AvgIpc) is 2.39. The molecule has 0 amide bonds. The molecule has 2 rings (SSSR count). The fourth-order valence-corrected chi connectivity index (χ4v) is 2.92. The van der Waals surface area contributed by atoms with Crippen LogP contribution in [-0.2, 0) is 16.9 Å². The van der Waals surface area contributed by atoms with Crippen LogP contribution in [0.4, 0.5) is 0 Å². The number of hydrogen-bond donors (Lipinski definition) is 2. The Morgan fingerprint density at radius 1 is 1.25 bits per heavy atom. The minimum absolute atomic E-state index is 0.303. The van der Waals surface area contributed by atoms with Gasteiger partial charge >= 0.3 is 5.97 Å². The summed E-state index contributed by atoms with van der Waals surface area (Å²) in [5.41, 5.74) is 1.26. The summed E-state index contributed by atoms with van der Waals surface area (Å²) in [4.78, 5) is 13.1. The summed E-state index contributed by atoms with van der Waals surface area (Å²) in [7, 11) is 4.04. The Morgan fingerprint density at radius 3 is 2.25 bits per heavy atom. The number of hydrogen-bond acceptors (Lipinski definition) is 3. The smallest absolute Gasteiger partial charge is 0.306 e. The maximum absolute atomic E-state index is 11.0. The lowest BCUT2D eigenvalue weighted by molar-refractivity contribution is -0.145. The van der Waals surface area contributed by atoms with E-state index in [-0.39, 0.29) is 5.92 Å². The second kappa shape index (κ2) is 5.94. The quantitative estimate of drug-likeness (QED) is 0.886. The number of carbonyl (C=O) groups is 1. The highest BCUT2D eigenvalue weighted by Crippen LogP contribution is 2.39. The predicted octanol–water partition coefficient (Wildman–Crippen LogP) is 2.21. The SMILES string of the molecule is CN(C)Cc1ccc(C2(O)CCC(C(=O)O)CC2)cc1. The highest BCUT2D eigenvalue weighted by Gasteiger charge is 2.36. The molecule has 0 aromatic heterocycles. The van der Waals surface area contributed by atoms with Crippen molar-refractivity contribution >= 4 is 5.97 Å². The van der Waals surface area contributed by atoms with Gasteiger partial charge in [-0.2, -0.15) is 0 Å². The van der Waals surface area contributed by atoms with Gasteiger partial charge in [0.2, 0.25) is 0 Å². The van der Waals surface area contributed by atoms with E-state index in [4.69, 9.17) is 5.11 Å². The van der Waals surface area contributed by atoms with Crippen LogP contribution in [0.1, 0.15) is 36.8 Å². The molecule has 4 heteroatoms. The molecular formula is C16H23NO3. The van der Waals surface area contributed by atoms with E-state index >= 15 is 0 Å². The van der Waals surface area contributed by atoms with E-state index in [0.29, 0.717) is 25.7 Å². The first-order valence-corrected chi connectivity index (χ1v) is 7.10. The topological polar surface area (TPSA) is 60.8 Å². The molecule has 20 heavy (non-hydrogen) atoms. The van der Waals surface area contributed by atoms with Crippen LogP contribution in [0.5, 0.6) is 0 Å². The highest BCUT2D eigenvalue weighted by molar-refractivity contribution is 5.70. The first-order valence-electron chi connectivity index (χ1n) is 7.10. The first kappa shape index (κ1) is 15.0. The van der Waals surface area contributed by atoms with E-state index < -0.39 is 11.6 Å². The molecule has 4 nitrogen and oxygen atoms in total. The number of carboxylic acids is 1. The van der Waals surface area contributed by atoms with Gasteiger partial charge in [-0.3, -0.25) is 4.79 Å². The summed E-state index contributed by atoms with van der Waals surface area (Å²) in [6.45, 7) is 0.875. The van der Waals surface area contributed by atoms with E-state index in [9.17, 15) is 9.90 Å². The van der Waals surface area contributed by atoms with Crippen molar-refractivity contribution in [3.05, 3.63) is 35.4 Å². The van der Waals surface area contributed by atoms with Crippen molar-refractivity contribution in [3.63, 3.8) is 0 Å². The molecule has 0 atom stereocenters. The van der Waals surface area contributed by atoms with Crippen LogP contribution in [0.25, 0.3) is 0 Å². The van der Waals surface area contributed by atoms with Crippen LogP contribution in [-0.4, -0.2) is 35.2 Å². The van der Waals surface area contributed by atoms with Crippen LogP contribution in [0.2, 0.25) is 0 Å². The van der Waals surface area contributed by atoms with Crippen molar-refractivity contribution in [1.29, 1.82) is 0 Å². The number of aliphatic carboxylic acids is 1. The van der Waals surface area contributed by atoms with Gasteiger partial charge in [0.1, 0.15) is 0 Å². The predicted molar refractivity (Wildman–Crippen MR) is 77.3 cm³/mol. The lowest BCUT2D eigenvalue weighted by atomic mass is 9.75. The molecule has 1 saturated carbocycles. The standard InChI is InChI=1S/C16H23NO3/c1-17(2)11-12-3-5-14(6-4-12)16(20)9-7-13(8-10-16)15(18)19/h3-6,13,20H,7-11H2,1-2H3,(H,18,19). The van der Waals surface area contributed by atoms with Gasteiger partial charge < -0.3 is 15.1 Å². The monoisotopic (exact) mass is 277 g/mol. The lowest BCUT2D eigenvalue weighted by Gasteiger charge is -2.35. The second-order valence-electron chi connectivity index (χ2n) is 6.08. The van der Waals surface area contributed by atoms with Gasteiger partial charge in [0.15, 0.2) is 0 Å². The maximum Gasteiger partial charge on any atom is 0.306 e. The van der Waals surface area contributed by atoms with Crippen LogP contribution < -0.4 is 0 Å². The minimum Gasteiger partial charge on any atom is -0.481 e. The summed E-state index contributed by atoms with van der Waals surface area (Å²) < 4.78 is 0. The molecule has 0 heterocycles. The molecule has 0 radical (unpaired) electrons. The molecule has 1 aromatic rings. The third kappa shape index (κ3) is 3.38. The Labute approximate surface area is 120 Å². The van der Waals surface area contributed by atoms with Crippen LogP contribution in [0, 0.1) is 5.92 Å². The van der Waals surface area contributed by atoms with Gasteiger partial charge in [0.05, 0.1) is 11.5 Å².